The molecule has 0 radical (unpaired) electrons. The van der Waals surface area contributed by atoms with Gasteiger partial charge in [0.05, 0.1) is 24.1 Å². The average molecular weight is 286 g/mol. The third kappa shape index (κ3) is 4.36. The Morgan fingerprint density at radius 1 is 1.25 bits per heavy atom. The Hall–Kier alpha value is -2.41. The summed E-state index contributed by atoms with van der Waals surface area (Å²) in [6.07, 6.45) is 6.62. The Balaban J connectivity index is 1.83. The van der Waals surface area contributed by atoms with Crippen LogP contribution >= 0.6 is 12.2 Å². The average Bonchev–Trinajstić information content (AvgIpc) is 2.52. The van der Waals surface area contributed by atoms with Crippen molar-refractivity contribution in [2.75, 3.05) is 0 Å². The standard InChI is InChI=1S/C13H14N6S/c1-10(12-9-14-6-7-16-12)18-19-13(20)17-8-11-4-2-3-5-15-11/h2-7,9H,8H2,1H3,(H2,17,19,20)/b18-10+. The number of nitrogens with zero attached hydrogens (tertiary/aromatic N) is 4. The van der Waals surface area contributed by atoms with Gasteiger partial charge in [0.15, 0.2) is 5.11 Å². The summed E-state index contributed by atoms with van der Waals surface area (Å²) in [7, 11) is 0. The summed E-state index contributed by atoms with van der Waals surface area (Å²) in [4.78, 5) is 12.3. The molecule has 0 aliphatic rings. The smallest absolute Gasteiger partial charge is 0.187 e. The van der Waals surface area contributed by atoms with E-state index in [0.717, 1.165) is 5.69 Å². The van der Waals surface area contributed by atoms with Gasteiger partial charge in [-0.05, 0) is 31.3 Å². The number of hydrogen-bond acceptors (Lipinski definition) is 5. The molecule has 7 heteroatoms. The van der Waals surface area contributed by atoms with Gasteiger partial charge < -0.3 is 5.32 Å². The second-order valence-corrected chi connectivity index (χ2v) is 4.31. The van der Waals surface area contributed by atoms with Gasteiger partial charge in [-0.2, -0.15) is 5.10 Å². The van der Waals surface area contributed by atoms with E-state index in [-0.39, 0.29) is 0 Å². The summed E-state index contributed by atoms with van der Waals surface area (Å²) < 4.78 is 0. The Bertz CT molecular complexity index is 584. The molecule has 0 aliphatic carbocycles. The number of thiocarbonyl (C=S) groups is 1. The van der Waals surface area contributed by atoms with Crippen LogP contribution in [-0.4, -0.2) is 25.8 Å². The van der Waals surface area contributed by atoms with Crippen molar-refractivity contribution in [3.8, 4) is 0 Å². The predicted molar refractivity (Wildman–Crippen MR) is 81.1 cm³/mol. The highest BCUT2D eigenvalue weighted by molar-refractivity contribution is 7.80. The Morgan fingerprint density at radius 3 is 2.85 bits per heavy atom. The van der Waals surface area contributed by atoms with Crippen LogP contribution in [0, 0.1) is 0 Å². The fourth-order valence-electron chi connectivity index (χ4n) is 1.39. The van der Waals surface area contributed by atoms with Crippen molar-refractivity contribution in [1.29, 1.82) is 0 Å². The van der Waals surface area contributed by atoms with Crippen LogP contribution in [0.4, 0.5) is 0 Å². The van der Waals surface area contributed by atoms with Gasteiger partial charge in [-0.15, -0.1) is 0 Å². The van der Waals surface area contributed by atoms with Crippen molar-refractivity contribution in [3.63, 3.8) is 0 Å². The van der Waals surface area contributed by atoms with Crippen LogP contribution in [0.15, 0.2) is 48.1 Å². The molecule has 0 amide bonds. The van der Waals surface area contributed by atoms with Gasteiger partial charge in [-0.1, -0.05) is 6.07 Å². The van der Waals surface area contributed by atoms with Crippen LogP contribution in [0.2, 0.25) is 0 Å². The van der Waals surface area contributed by atoms with E-state index >= 15 is 0 Å². The van der Waals surface area contributed by atoms with Gasteiger partial charge in [0, 0.05) is 18.6 Å². The van der Waals surface area contributed by atoms with Crippen molar-refractivity contribution in [3.05, 3.63) is 54.4 Å². The molecule has 6 nitrogen and oxygen atoms in total. The van der Waals surface area contributed by atoms with Gasteiger partial charge in [0.25, 0.3) is 0 Å². The summed E-state index contributed by atoms with van der Waals surface area (Å²) in [5, 5.41) is 7.60. The SMILES string of the molecule is C/C(=N\NC(=S)NCc1ccccn1)c1cnccn1. The summed E-state index contributed by atoms with van der Waals surface area (Å²) in [6.45, 7) is 2.38. The third-order valence-electron chi connectivity index (χ3n) is 2.42. The van der Waals surface area contributed by atoms with Crippen molar-refractivity contribution in [1.82, 2.24) is 25.7 Å². The highest BCUT2D eigenvalue weighted by atomic mass is 32.1. The number of hydrogen-bond donors (Lipinski definition) is 2. The van der Waals surface area contributed by atoms with Crippen LogP contribution < -0.4 is 10.7 Å². The lowest BCUT2D eigenvalue weighted by Gasteiger charge is -2.07. The van der Waals surface area contributed by atoms with Crippen molar-refractivity contribution >= 4 is 23.0 Å². The number of hydrazone groups is 1. The summed E-state index contributed by atoms with van der Waals surface area (Å²) >= 11 is 5.13. The van der Waals surface area contributed by atoms with Crippen LogP contribution in [0.3, 0.4) is 0 Å². The van der Waals surface area contributed by atoms with E-state index in [0.29, 0.717) is 23.1 Å². The van der Waals surface area contributed by atoms with Gasteiger partial charge in [-0.3, -0.25) is 20.4 Å². The zero-order valence-corrected chi connectivity index (χ0v) is 11.8. The first-order valence-corrected chi connectivity index (χ1v) is 6.41. The zero-order valence-electron chi connectivity index (χ0n) is 10.9. The molecule has 2 aromatic heterocycles. The fourth-order valence-corrected chi connectivity index (χ4v) is 1.51. The molecule has 102 valence electrons. The fraction of sp³-hybridized carbons (Fsp3) is 0.154. The number of aromatic nitrogens is 3. The number of nitrogens with one attached hydrogen (secondary N) is 2. The normalized spacial score (nSPS) is 10.9. The molecule has 20 heavy (non-hydrogen) atoms. The lowest BCUT2D eigenvalue weighted by Crippen LogP contribution is -2.32. The summed E-state index contributed by atoms with van der Waals surface area (Å²) in [6, 6.07) is 5.72. The maximum absolute atomic E-state index is 5.13. The molecule has 2 aromatic rings. The molecule has 0 aromatic carbocycles. The summed E-state index contributed by atoms with van der Waals surface area (Å²) in [5.74, 6) is 0. The minimum atomic E-state index is 0.430. The van der Waals surface area contributed by atoms with E-state index in [1.165, 1.54) is 0 Å². The molecule has 0 aliphatic heterocycles. The van der Waals surface area contributed by atoms with Crippen LogP contribution in [0.25, 0.3) is 0 Å². The molecule has 0 unspecified atom stereocenters. The quantitative estimate of drug-likeness (QED) is 0.501. The molecular weight excluding hydrogens is 272 g/mol. The Morgan fingerprint density at radius 2 is 2.15 bits per heavy atom. The lowest BCUT2D eigenvalue weighted by molar-refractivity contribution is 0.839. The first-order chi connectivity index (χ1) is 9.75. The van der Waals surface area contributed by atoms with Crippen molar-refractivity contribution < 1.29 is 0 Å². The molecular formula is C13H14N6S. The minimum Gasteiger partial charge on any atom is -0.356 e. The van der Waals surface area contributed by atoms with E-state index in [2.05, 4.69) is 30.8 Å². The highest BCUT2D eigenvalue weighted by Gasteiger charge is 1.99. The van der Waals surface area contributed by atoms with Crippen LogP contribution in [-0.2, 0) is 6.54 Å². The molecule has 0 spiro atoms. The van der Waals surface area contributed by atoms with Gasteiger partial charge >= 0.3 is 0 Å². The van der Waals surface area contributed by atoms with Crippen LogP contribution in [0.5, 0.6) is 0 Å². The molecule has 2 rings (SSSR count). The number of pyridine rings is 1. The first kappa shape index (κ1) is 14.0. The first-order valence-electron chi connectivity index (χ1n) is 6.00. The van der Waals surface area contributed by atoms with Gasteiger partial charge in [0.2, 0.25) is 0 Å². The van der Waals surface area contributed by atoms with Gasteiger partial charge in [-0.25, -0.2) is 0 Å². The maximum Gasteiger partial charge on any atom is 0.187 e. The van der Waals surface area contributed by atoms with E-state index in [1.54, 1.807) is 24.8 Å². The van der Waals surface area contributed by atoms with Crippen molar-refractivity contribution in [2.24, 2.45) is 5.10 Å². The number of rotatable bonds is 4. The van der Waals surface area contributed by atoms with E-state index in [9.17, 15) is 0 Å². The zero-order chi connectivity index (χ0) is 14.2. The van der Waals surface area contributed by atoms with E-state index in [1.807, 2.05) is 25.1 Å². The molecule has 2 heterocycles. The second kappa shape index (κ2) is 7.25. The summed E-state index contributed by atoms with van der Waals surface area (Å²) in [5.41, 5.74) is 5.08. The molecule has 2 N–H and O–H groups in total. The highest BCUT2D eigenvalue weighted by Crippen LogP contribution is 1.93. The molecule has 0 saturated heterocycles. The monoisotopic (exact) mass is 286 g/mol. The van der Waals surface area contributed by atoms with Crippen molar-refractivity contribution in [2.45, 2.75) is 13.5 Å². The van der Waals surface area contributed by atoms with Gasteiger partial charge in [0.1, 0.15) is 5.69 Å². The topological polar surface area (TPSA) is 75.1 Å². The molecule has 0 bridgehead atoms. The Labute approximate surface area is 122 Å². The molecule has 0 atom stereocenters. The minimum absolute atomic E-state index is 0.430. The van der Waals surface area contributed by atoms with Crippen LogP contribution in [0.1, 0.15) is 18.3 Å². The maximum atomic E-state index is 5.13. The largest absolute Gasteiger partial charge is 0.356 e. The van der Waals surface area contributed by atoms with E-state index in [4.69, 9.17) is 12.2 Å². The molecule has 0 saturated carbocycles. The molecule has 0 fully saturated rings. The predicted octanol–water partition coefficient (Wildman–Crippen LogP) is 1.26. The third-order valence-corrected chi connectivity index (χ3v) is 2.65. The second-order valence-electron chi connectivity index (χ2n) is 3.90. The van der Waals surface area contributed by atoms with E-state index < -0.39 is 0 Å². The Kier molecular flexibility index (Phi) is 5.08. The lowest BCUT2D eigenvalue weighted by atomic mass is 10.3.